The molecular formula is C5H6O3S2. The molecule has 1 aliphatic rings. The number of hydrogen-bond acceptors (Lipinski definition) is 5. The first-order chi connectivity index (χ1) is 4.74. The van der Waals surface area contributed by atoms with Gasteiger partial charge in [0.1, 0.15) is 0 Å². The molecule has 5 heteroatoms. The monoisotopic (exact) mass is 178 g/mol. The summed E-state index contributed by atoms with van der Waals surface area (Å²) in [7, 11) is 1.33. The molecular weight excluding hydrogens is 172 g/mol. The zero-order valence-electron chi connectivity index (χ0n) is 5.33. The maximum Gasteiger partial charge on any atom is 0.348 e. The van der Waals surface area contributed by atoms with Gasteiger partial charge >= 0.3 is 5.97 Å². The molecule has 0 aliphatic carbocycles. The molecule has 0 saturated carbocycles. The van der Waals surface area contributed by atoms with Crippen LogP contribution in [0.1, 0.15) is 0 Å². The lowest BCUT2D eigenvalue weighted by molar-refractivity contribution is -0.147. The molecule has 0 aromatic carbocycles. The molecule has 0 N–H and O–H groups in total. The summed E-state index contributed by atoms with van der Waals surface area (Å²) >= 11 is 6.05. The normalized spacial score (nSPS) is 24.1. The molecule has 1 heterocycles. The van der Waals surface area contributed by atoms with E-state index in [9.17, 15) is 4.79 Å². The Hall–Kier alpha value is -0.290. The van der Waals surface area contributed by atoms with Gasteiger partial charge in [0.2, 0.25) is 10.5 Å². The average Bonchev–Trinajstić information content (AvgIpc) is 2.34. The third kappa shape index (κ3) is 1.60. The molecule has 10 heavy (non-hydrogen) atoms. The number of carbonyl (C=O) groups excluding carboxylic acids is 1. The Morgan fingerprint density at radius 2 is 2.70 bits per heavy atom. The second kappa shape index (κ2) is 3.21. The first-order valence-electron chi connectivity index (χ1n) is 2.65. The number of methoxy groups -OCH3 is 1. The number of thiocarbonyl (C=S) groups is 1. The van der Waals surface area contributed by atoms with Crippen LogP contribution >= 0.6 is 24.0 Å². The van der Waals surface area contributed by atoms with Crippen LogP contribution in [0.5, 0.6) is 0 Å². The van der Waals surface area contributed by atoms with Crippen LogP contribution in [0.15, 0.2) is 0 Å². The molecule has 1 aliphatic heterocycles. The van der Waals surface area contributed by atoms with Gasteiger partial charge in [0, 0.05) is 0 Å². The molecule has 0 amide bonds. The van der Waals surface area contributed by atoms with Gasteiger partial charge < -0.3 is 9.47 Å². The first-order valence-corrected chi connectivity index (χ1v) is 4.04. The number of carbonyl (C=O) groups is 1. The van der Waals surface area contributed by atoms with E-state index in [0.29, 0.717) is 10.1 Å². The van der Waals surface area contributed by atoms with Crippen molar-refractivity contribution >= 4 is 34.3 Å². The van der Waals surface area contributed by atoms with Crippen molar-refractivity contribution in [3.05, 3.63) is 0 Å². The summed E-state index contributed by atoms with van der Waals surface area (Å²) in [5, 5.41) is 0. The molecule has 56 valence electrons. The minimum Gasteiger partial charge on any atom is -0.466 e. The lowest BCUT2D eigenvalue weighted by Gasteiger charge is -2.04. The molecule has 3 nitrogen and oxygen atoms in total. The second-order valence-corrected chi connectivity index (χ2v) is 3.31. The summed E-state index contributed by atoms with van der Waals surface area (Å²) in [4.78, 5) is 10.7. The van der Waals surface area contributed by atoms with Gasteiger partial charge in [0.05, 0.1) is 12.9 Å². The van der Waals surface area contributed by atoms with Crippen LogP contribution in [0.3, 0.4) is 0 Å². The van der Waals surface area contributed by atoms with E-state index < -0.39 is 6.10 Å². The van der Waals surface area contributed by atoms with E-state index in [1.54, 1.807) is 0 Å². The standard InChI is InChI=1S/C5H6O3S2/c1-7-4(6)3-2-10-5(9)8-3/h3H,2H2,1H3. The molecule has 1 rings (SSSR count). The van der Waals surface area contributed by atoms with E-state index in [0.717, 1.165) is 0 Å². The minimum atomic E-state index is -0.484. The van der Waals surface area contributed by atoms with E-state index in [1.807, 2.05) is 0 Å². The van der Waals surface area contributed by atoms with E-state index in [4.69, 9.17) is 17.0 Å². The Bertz CT molecular complexity index is 168. The van der Waals surface area contributed by atoms with Crippen molar-refractivity contribution in [2.24, 2.45) is 0 Å². The lowest BCUT2D eigenvalue weighted by atomic mass is 10.4. The predicted molar refractivity (Wildman–Crippen MR) is 41.9 cm³/mol. The van der Waals surface area contributed by atoms with Crippen molar-refractivity contribution in [2.75, 3.05) is 12.9 Å². The van der Waals surface area contributed by atoms with E-state index in [2.05, 4.69) is 4.74 Å². The molecule has 0 aromatic rings. The van der Waals surface area contributed by atoms with E-state index >= 15 is 0 Å². The minimum absolute atomic E-state index is 0.354. The van der Waals surface area contributed by atoms with Crippen molar-refractivity contribution in [3.63, 3.8) is 0 Å². The highest BCUT2D eigenvalue weighted by Gasteiger charge is 2.28. The van der Waals surface area contributed by atoms with Crippen molar-refractivity contribution in [2.45, 2.75) is 6.10 Å². The predicted octanol–water partition coefficient (Wildman–Crippen LogP) is 0.576. The summed E-state index contributed by atoms with van der Waals surface area (Å²) in [6.45, 7) is 0. The molecule has 1 fully saturated rings. The first kappa shape index (κ1) is 7.81. The highest BCUT2D eigenvalue weighted by atomic mass is 32.2. The maximum absolute atomic E-state index is 10.7. The van der Waals surface area contributed by atoms with Crippen molar-refractivity contribution in [3.8, 4) is 0 Å². The van der Waals surface area contributed by atoms with Crippen molar-refractivity contribution in [1.82, 2.24) is 0 Å². The summed E-state index contributed by atoms with van der Waals surface area (Å²) in [6.07, 6.45) is -0.484. The summed E-state index contributed by atoms with van der Waals surface area (Å²) in [5.74, 6) is 0.221. The van der Waals surface area contributed by atoms with Crippen LogP contribution in [-0.4, -0.2) is 29.3 Å². The Balaban J connectivity index is 2.44. The zero-order chi connectivity index (χ0) is 7.56. The molecule has 0 radical (unpaired) electrons. The van der Waals surface area contributed by atoms with Crippen LogP contribution in [0, 0.1) is 0 Å². The molecule has 0 aromatic heterocycles. The molecule has 1 saturated heterocycles. The third-order valence-corrected chi connectivity index (χ3v) is 2.31. The van der Waals surface area contributed by atoms with Crippen LogP contribution in [0.4, 0.5) is 0 Å². The molecule has 0 spiro atoms. The average molecular weight is 178 g/mol. The van der Waals surface area contributed by atoms with Gasteiger partial charge in [0.15, 0.2) is 0 Å². The van der Waals surface area contributed by atoms with E-state index in [1.165, 1.54) is 18.9 Å². The van der Waals surface area contributed by atoms with E-state index in [-0.39, 0.29) is 5.97 Å². The highest BCUT2D eigenvalue weighted by molar-refractivity contribution is 8.22. The van der Waals surface area contributed by atoms with Crippen LogP contribution in [0.25, 0.3) is 0 Å². The Morgan fingerprint density at radius 3 is 3.10 bits per heavy atom. The largest absolute Gasteiger partial charge is 0.466 e. The fourth-order valence-corrected chi connectivity index (χ4v) is 1.57. The van der Waals surface area contributed by atoms with Crippen molar-refractivity contribution in [1.29, 1.82) is 0 Å². The third-order valence-electron chi connectivity index (χ3n) is 1.06. The number of thioether (sulfide) groups is 1. The Labute approximate surface area is 68.1 Å². The lowest BCUT2D eigenvalue weighted by Crippen LogP contribution is -2.23. The van der Waals surface area contributed by atoms with Gasteiger partial charge in [-0.15, -0.1) is 0 Å². The number of ether oxygens (including phenoxy) is 2. The number of hydrogen-bond donors (Lipinski definition) is 0. The Morgan fingerprint density at radius 1 is 2.00 bits per heavy atom. The fourth-order valence-electron chi connectivity index (χ4n) is 0.576. The SMILES string of the molecule is COC(=O)C1CSC(=S)O1. The zero-order valence-corrected chi connectivity index (χ0v) is 6.96. The maximum atomic E-state index is 10.7. The smallest absolute Gasteiger partial charge is 0.348 e. The Kier molecular flexibility index (Phi) is 2.50. The number of rotatable bonds is 1. The molecule has 1 unspecified atom stereocenters. The summed E-state index contributed by atoms with van der Waals surface area (Å²) in [6, 6.07) is 0. The van der Waals surface area contributed by atoms with Crippen LogP contribution in [-0.2, 0) is 14.3 Å². The fraction of sp³-hybridized carbons (Fsp3) is 0.600. The van der Waals surface area contributed by atoms with Gasteiger partial charge in [-0.1, -0.05) is 11.8 Å². The van der Waals surface area contributed by atoms with Gasteiger partial charge in [-0.05, 0) is 12.2 Å². The second-order valence-electron chi connectivity index (χ2n) is 1.69. The molecule has 1 atom stereocenters. The van der Waals surface area contributed by atoms with Gasteiger partial charge in [-0.3, -0.25) is 0 Å². The van der Waals surface area contributed by atoms with Crippen LogP contribution < -0.4 is 0 Å². The molecule has 0 bridgehead atoms. The van der Waals surface area contributed by atoms with Gasteiger partial charge in [-0.2, -0.15) is 0 Å². The van der Waals surface area contributed by atoms with Gasteiger partial charge in [-0.25, -0.2) is 4.79 Å². The summed E-state index contributed by atoms with van der Waals surface area (Å²) in [5.41, 5.74) is 0. The highest BCUT2D eigenvalue weighted by Crippen LogP contribution is 2.20. The number of esters is 1. The quantitative estimate of drug-likeness (QED) is 0.433. The summed E-state index contributed by atoms with van der Waals surface area (Å²) < 4.78 is 9.81. The van der Waals surface area contributed by atoms with Crippen LogP contribution in [0.2, 0.25) is 0 Å². The van der Waals surface area contributed by atoms with Gasteiger partial charge in [0.25, 0.3) is 0 Å². The van der Waals surface area contributed by atoms with Crippen molar-refractivity contribution < 1.29 is 14.3 Å². The topological polar surface area (TPSA) is 35.5 Å².